The number of Topliss-reactive ketones (excluding diaryl/α,β-unsaturated/α-hetero) is 1. The van der Waals surface area contributed by atoms with Gasteiger partial charge in [0.15, 0.2) is 0 Å². The van der Waals surface area contributed by atoms with E-state index in [1.807, 2.05) is 0 Å². The summed E-state index contributed by atoms with van der Waals surface area (Å²) >= 11 is 0. The van der Waals surface area contributed by atoms with Crippen LogP contribution in [0.15, 0.2) is 0 Å². The van der Waals surface area contributed by atoms with Crippen LogP contribution in [-0.4, -0.2) is 18.4 Å². The monoisotopic (exact) mass is 139 g/mol. The Labute approximate surface area is 61.0 Å². The molecule has 0 bridgehead atoms. The maximum absolute atomic E-state index is 11.2. The summed E-state index contributed by atoms with van der Waals surface area (Å²) < 4.78 is 0. The van der Waals surface area contributed by atoms with Crippen molar-refractivity contribution in [1.29, 1.82) is 0 Å². The zero-order valence-corrected chi connectivity index (χ0v) is 6.10. The molecule has 0 aromatic rings. The lowest BCUT2D eigenvalue weighted by atomic mass is 9.84. The number of hydrogen-bond acceptors (Lipinski definition) is 2. The topological polar surface area (TPSA) is 29.1 Å². The molecule has 0 unspecified atom stereocenters. The number of nitrogens with one attached hydrogen (secondary N) is 1. The van der Waals surface area contributed by atoms with Gasteiger partial charge in [0, 0.05) is 18.4 Å². The average Bonchev–Trinajstić information content (AvgIpc) is 2.36. The van der Waals surface area contributed by atoms with Gasteiger partial charge in [-0.15, -0.1) is 0 Å². The lowest BCUT2D eigenvalue weighted by Gasteiger charge is -2.22. The van der Waals surface area contributed by atoms with Crippen molar-refractivity contribution in [3.05, 3.63) is 0 Å². The normalized spacial score (nSPS) is 39.8. The van der Waals surface area contributed by atoms with Crippen LogP contribution in [0, 0.1) is 5.92 Å². The standard InChI is InChI=1S/C8H13NO/c10-8-3-1-2-7-6(8)4-5-9-7/h6-7,9H,1-5H2/t6-,7+/m0/s1. The van der Waals surface area contributed by atoms with E-state index in [0.717, 1.165) is 25.8 Å². The molecule has 1 saturated carbocycles. The fraction of sp³-hybridized carbons (Fsp3) is 0.875. The lowest BCUT2D eigenvalue weighted by molar-refractivity contribution is -0.124. The molecule has 2 aliphatic rings. The Bertz CT molecular complexity index is 155. The van der Waals surface area contributed by atoms with E-state index in [4.69, 9.17) is 0 Å². The first-order chi connectivity index (χ1) is 4.88. The van der Waals surface area contributed by atoms with Gasteiger partial charge in [-0.25, -0.2) is 0 Å². The number of carbonyl (C=O) groups is 1. The zero-order chi connectivity index (χ0) is 6.97. The molecule has 1 saturated heterocycles. The smallest absolute Gasteiger partial charge is 0.137 e. The van der Waals surface area contributed by atoms with Crippen molar-refractivity contribution >= 4 is 5.78 Å². The Hall–Kier alpha value is -0.370. The lowest BCUT2D eigenvalue weighted by Crippen LogP contribution is -2.34. The van der Waals surface area contributed by atoms with Crippen LogP contribution in [-0.2, 0) is 4.79 Å². The van der Waals surface area contributed by atoms with Crippen LogP contribution in [0.25, 0.3) is 0 Å². The first kappa shape index (κ1) is 6.35. The molecule has 2 atom stereocenters. The fourth-order valence-corrected chi connectivity index (χ4v) is 2.14. The van der Waals surface area contributed by atoms with E-state index in [9.17, 15) is 4.79 Å². The van der Waals surface area contributed by atoms with Crippen molar-refractivity contribution in [3.63, 3.8) is 0 Å². The van der Waals surface area contributed by atoms with Gasteiger partial charge in [-0.1, -0.05) is 0 Å². The second-order valence-electron chi connectivity index (χ2n) is 3.31. The summed E-state index contributed by atoms with van der Waals surface area (Å²) in [6.45, 7) is 1.06. The van der Waals surface area contributed by atoms with Crippen molar-refractivity contribution in [2.45, 2.75) is 31.7 Å². The van der Waals surface area contributed by atoms with Crippen LogP contribution in [0.5, 0.6) is 0 Å². The molecule has 0 amide bonds. The first-order valence-electron chi connectivity index (χ1n) is 4.14. The SMILES string of the molecule is O=C1CCC[C@H]2NCC[C@H]12. The Morgan fingerprint density at radius 2 is 2.30 bits per heavy atom. The summed E-state index contributed by atoms with van der Waals surface area (Å²) in [6, 6.07) is 0.543. The molecular formula is C8H13NO. The van der Waals surface area contributed by atoms with Gasteiger partial charge >= 0.3 is 0 Å². The largest absolute Gasteiger partial charge is 0.313 e. The highest BCUT2D eigenvalue weighted by molar-refractivity contribution is 5.82. The van der Waals surface area contributed by atoms with Crippen molar-refractivity contribution in [1.82, 2.24) is 5.32 Å². The maximum Gasteiger partial charge on any atom is 0.137 e. The summed E-state index contributed by atoms with van der Waals surface area (Å²) in [7, 11) is 0. The van der Waals surface area contributed by atoms with Crippen molar-refractivity contribution in [2.75, 3.05) is 6.54 Å². The average molecular weight is 139 g/mol. The quantitative estimate of drug-likeness (QED) is 0.535. The van der Waals surface area contributed by atoms with Crippen molar-refractivity contribution in [2.24, 2.45) is 5.92 Å². The molecule has 2 rings (SSSR count). The van der Waals surface area contributed by atoms with Crippen LogP contribution >= 0.6 is 0 Å². The molecule has 1 aliphatic carbocycles. The first-order valence-corrected chi connectivity index (χ1v) is 4.14. The number of ketones is 1. The molecule has 1 N–H and O–H groups in total. The molecule has 0 spiro atoms. The maximum atomic E-state index is 11.2. The van der Waals surface area contributed by atoms with Gasteiger partial charge in [0.1, 0.15) is 5.78 Å². The highest BCUT2D eigenvalue weighted by Gasteiger charge is 2.34. The molecule has 2 heteroatoms. The molecule has 0 aromatic carbocycles. The third-order valence-corrected chi connectivity index (χ3v) is 2.70. The van der Waals surface area contributed by atoms with Crippen LogP contribution < -0.4 is 5.32 Å². The van der Waals surface area contributed by atoms with E-state index >= 15 is 0 Å². The fourth-order valence-electron chi connectivity index (χ4n) is 2.14. The summed E-state index contributed by atoms with van der Waals surface area (Å²) in [4.78, 5) is 11.2. The Kier molecular flexibility index (Phi) is 1.49. The number of hydrogen-bond donors (Lipinski definition) is 1. The summed E-state index contributed by atoms with van der Waals surface area (Å²) in [6.07, 6.45) is 4.25. The van der Waals surface area contributed by atoms with E-state index in [0.29, 0.717) is 17.7 Å². The minimum Gasteiger partial charge on any atom is -0.313 e. The molecule has 1 aliphatic heterocycles. The molecule has 2 fully saturated rings. The molecule has 0 radical (unpaired) electrons. The van der Waals surface area contributed by atoms with E-state index in [2.05, 4.69) is 5.32 Å². The summed E-state index contributed by atoms with van der Waals surface area (Å²) in [5, 5.41) is 3.37. The van der Waals surface area contributed by atoms with Crippen LogP contribution in [0.4, 0.5) is 0 Å². The summed E-state index contributed by atoms with van der Waals surface area (Å²) in [5.74, 6) is 0.884. The van der Waals surface area contributed by atoms with Crippen molar-refractivity contribution in [3.8, 4) is 0 Å². The summed E-state index contributed by atoms with van der Waals surface area (Å²) in [5.41, 5.74) is 0. The molecule has 0 aromatic heterocycles. The number of fused-ring (bicyclic) bond motifs is 1. The predicted octanol–water partition coefficient (Wildman–Crippen LogP) is 0.718. The highest BCUT2D eigenvalue weighted by atomic mass is 16.1. The van der Waals surface area contributed by atoms with Crippen LogP contribution in [0.3, 0.4) is 0 Å². The molecule has 2 nitrogen and oxygen atoms in total. The third-order valence-electron chi connectivity index (χ3n) is 2.70. The number of carbonyl (C=O) groups excluding carboxylic acids is 1. The van der Waals surface area contributed by atoms with Gasteiger partial charge in [-0.05, 0) is 25.8 Å². The van der Waals surface area contributed by atoms with E-state index < -0.39 is 0 Å². The highest BCUT2D eigenvalue weighted by Crippen LogP contribution is 2.27. The van der Waals surface area contributed by atoms with Gasteiger partial charge in [0.2, 0.25) is 0 Å². The van der Waals surface area contributed by atoms with E-state index in [1.54, 1.807) is 0 Å². The molecule has 56 valence electrons. The Balaban J connectivity index is 2.10. The molecular weight excluding hydrogens is 126 g/mol. The van der Waals surface area contributed by atoms with Gasteiger partial charge in [0.05, 0.1) is 0 Å². The minimum atomic E-state index is 0.383. The zero-order valence-electron chi connectivity index (χ0n) is 6.10. The molecule has 1 heterocycles. The van der Waals surface area contributed by atoms with Crippen LogP contribution in [0.1, 0.15) is 25.7 Å². The van der Waals surface area contributed by atoms with Gasteiger partial charge in [-0.2, -0.15) is 0 Å². The molecule has 10 heavy (non-hydrogen) atoms. The van der Waals surface area contributed by atoms with E-state index in [-0.39, 0.29) is 0 Å². The minimum absolute atomic E-state index is 0.383. The van der Waals surface area contributed by atoms with Crippen molar-refractivity contribution < 1.29 is 4.79 Å². The van der Waals surface area contributed by atoms with Gasteiger partial charge in [0.25, 0.3) is 0 Å². The second kappa shape index (κ2) is 2.35. The predicted molar refractivity (Wildman–Crippen MR) is 38.8 cm³/mol. The van der Waals surface area contributed by atoms with Crippen LogP contribution in [0.2, 0.25) is 0 Å². The van der Waals surface area contributed by atoms with E-state index in [1.165, 1.54) is 6.42 Å². The second-order valence-corrected chi connectivity index (χ2v) is 3.31. The van der Waals surface area contributed by atoms with Gasteiger partial charge < -0.3 is 5.32 Å². The Morgan fingerprint density at radius 1 is 1.40 bits per heavy atom. The number of rotatable bonds is 0. The Morgan fingerprint density at radius 3 is 3.10 bits per heavy atom. The third kappa shape index (κ3) is 0.870. The van der Waals surface area contributed by atoms with Gasteiger partial charge in [-0.3, -0.25) is 4.79 Å².